The molecule has 0 aromatic heterocycles. The van der Waals surface area contributed by atoms with E-state index in [0.29, 0.717) is 0 Å². The molecule has 0 atom stereocenters. The highest BCUT2D eigenvalue weighted by Crippen LogP contribution is 2.18. The zero-order valence-electron chi connectivity index (χ0n) is 11.2. The number of hydrogen-bond donors (Lipinski definition) is 2. The van der Waals surface area contributed by atoms with E-state index in [9.17, 15) is 0 Å². The van der Waals surface area contributed by atoms with Gasteiger partial charge >= 0.3 is 0 Å². The van der Waals surface area contributed by atoms with E-state index in [1.54, 1.807) is 0 Å². The summed E-state index contributed by atoms with van der Waals surface area (Å²) in [5.74, 6) is 0.943. The van der Waals surface area contributed by atoms with Crippen molar-refractivity contribution in [2.75, 3.05) is 66.0 Å². The number of likely N-dealkylation sites (tertiary alicyclic amines) is 1. The Morgan fingerprint density at radius 3 is 2.41 bits per heavy atom. The summed E-state index contributed by atoms with van der Waals surface area (Å²) in [5, 5.41) is 6.66. The Labute approximate surface area is 106 Å². The summed E-state index contributed by atoms with van der Waals surface area (Å²) in [6.45, 7) is 11.2. The fourth-order valence-electron chi connectivity index (χ4n) is 2.92. The van der Waals surface area contributed by atoms with Crippen molar-refractivity contribution in [3.8, 4) is 0 Å². The van der Waals surface area contributed by atoms with Gasteiger partial charge in [0, 0.05) is 45.8 Å². The van der Waals surface area contributed by atoms with Crippen LogP contribution in [0.15, 0.2) is 0 Å². The first-order valence-electron chi connectivity index (χ1n) is 7.18. The van der Waals surface area contributed by atoms with Gasteiger partial charge in [-0.25, -0.2) is 0 Å². The van der Waals surface area contributed by atoms with Crippen LogP contribution < -0.4 is 10.6 Å². The van der Waals surface area contributed by atoms with Crippen LogP contribution in [0, 0.1) is 5.92 Å². The van der Waals surface area contributed by atoms with E-state index in [4.69, 9.17) is 0 Å². The Kier molecular flexibility index (Phi) is 5.71. The van der Waals surface area contributed by atoms with Crippen LogP contribution in [0.4, 0.5) is 0 Å². The molecular weight excluding hydrogens is 212 g/mol. The predicted octanol–water partition coefficient (Wildman–Crippen LogP) is -0.177. The monoisotopic (exact) mass is 240 g/mol. The summed E-state index contributed by atoms with van der Waals surface area (Å²) < 4.78 is 0. The van der Waals surface area contributed by atoms with Gasteiger partial charge in [0.2, 0.25) is 0 Å². The Hall–Kier alpha value is -0.160. The standard InChI is InChI=1S/C13H28N4/c1-14-4-9-16-7-2-13(3-8-16)12-17-10-5-15-6-11-17/h13-15H,2-12H2,1H3. The van der Waals surface area contributed by atoms with E-state index >= 15 is 0 Å². The minimum absolute atomic E-state index is 0.943. The van der Waals surface area contributed by atoms with Crippen LogP contribution in [0.1, 0.15) is 12.8 Å². The molecule has 0 aromatic rings. The fourth-order valence-corrected chi connectivity index (χ4v) is 2.92. The molecule has 2 heterocycles. The number of piperazine rings is 1. The predicted molar refractivity (Wildman–Crippen MR) is 72.4 cm³/mol. The minimum atomic E-state index is 0.943. The maximum Gasteiger partial charge on any atom is 0.0107 e. The molecule has 4 nitrogen and oxygen atoms in total. The normalized spacial score (nSPS) is 25.2. The number of hydrogen-bond acceptors (Lipinski definition) is 4. The Morgan fingerprint density at radius 2 is 1.76 bits per heavy atom. The van der Waals surface area contributed by atoms with Crippen LogP contribution in [0.2, 0.25) is 0 Å². The third-order valence-corrected chi connectivity index (χ3v) is 4.11. The van der Waals surface area contributed by atoms with Crippen molar-refractivity contribution < 1.29 is 0 Å². The summed E-state index contributed by atoms with van der Waals surface area (Å²) in [6, 6.07) is 0. The highest BCUT2D eigenvalue weighted by molar-refractivity contribution is 4.77. The molecule has 100 valence electrons. The Balaban J connectivity index is 1.61. The summed E-state index contributed by atoms with van der Waals surface area (Å²) in [6.07, 6.45) is 2.79. The van der Waals surface area contributed by atoms with Crippen LogP contribution in [0.5, 0.6) is 0 Å². The van der Waals surface area contributed by atoms with Gasteiger partial charge in [-0.15, -0.1) is 0 Å². The number of nitrogens with zero attached hydrogens (tertiary/aromatic N) is 2. The third kappa shape index (κ3) is 4.54. The average Bonchev–Trinajstić information content (AvgIpc) is 2.39. The average molecular weight is 240 g/mol. The molecule has 0 spiro atoms. The Morgan fingerprint density at radius 1 is 1.06 bits per heavy atom. The molecule has 2 saturated heterocycles. The molecule has 17 heavy (non-hydrogen) atoms. The molecular formula is C13H28N4. The third-order valence-electron chi connectivity index (χ3n) is 4.11. The van der Waals surface area contributed by atoms with Gasteiger partial charge in [-0.1, -0.05) is 0 Å². The molecule has 2 rings (SSSR count). The van der Waals surface area contributed by atoms with Crippen LogP contribution in [-0.4, -0.2) is 75.8 Å². The number of piperidine rings is 1. The van der Waals surface area contributed by atoms with Crippen LogP contribution in [0.3, 0.4) is 0 Å². The maximum atomic E-state index is 3.43. The van der Waals surface area contributed by atoms with Gasteiger partial charge in [-0.3, -0.25) is 0 Å². The lowest BCUT2D eigenvalue weighted by Crippen LogP contribution is -2.47. The second-order valence-electron chi connectivity index (χ2n) is 5.44. The first-order valence-corrected chi connectivity index (χ1v) is 7.18. The SMILES string of the molecule is CNCCN1CCC(CN2CCNCC2)CC1. The topological polar surface area (TPSA) is 30.5 Å². The molecule has 2 aliphatic heterocycles. The highest BCUT2D eigenvalue weighted by Gasteiger charge is 2.21. The van der Waals surface area contributed by atoms with Gasteiger partial charge in [0.15, 0.2) is 0 Å². The van der Waals surface area contributed by atoms with Crippen molar-refractivity contribution in [3.05, 3.63) is 0 Å². The van der Waals surface area contributed by atoms with E-state index in [1.807, 2.05) is 7.05 Å². The quantitative estimate of drug-likeness (QED) is 0.698. The summed E-state index contributed by atoms with van der Waals surface area (Å²) in [5.41, 5.74) is 0. The van der Waals surface area contributed by atoms with Gasteiger partial charge in [0.25, 0.3) is 0 Å². The van der Waals surface area contributed by atoms with Crippen molar-refractivity contribution in [1.82, 2.24) is 20.4 Å². The second kappa shape index (κ2) is 7.31. The number of likely N-dealkylation sites (N-methyl/N-ethyl adjacent to an activating group) is 1. The lowest BCUT2D eigenvalue weighted by molar-refractivity contribution is 0.136. The number of nitrogens with one attached hydrogen (secondary N) is 2. The molecule has 2 N–H and O–H groups in total. The molecule has 2 fully saturated rings. The molecule has 0 unspecified atom stereocenters. The molecule has 0 saturated carbocycles. The zero-order valence-corrected chi connectivity index (χ0v) is 11.2. The van der Waals surface area contributed by atoms with Crippen molar-refractivity contribution in [3.63, 3.8) is 0 Å². The molecule has 2 aliphatic rings. The van der Waals surface area contributed by atoms with E-state index in [0.717, 1.165) is 12.5 Å². The van der Waals surface area contributed by atoms with Crippen molar-refractivity contribution in [2.24, 2.45) is 5.92 Å². The fraction of sp³-hybridized carbons (Fsp3) is 1.00. The first-order chi connectivity index (χ1) is 8.38. The van der Waals surface area contributed by atoms with E-state index < -0.39 is 0 Å². The minimum Gasteiger partial charge on any atom is -0.318 e. The lowest BCUT2D eigenvalue weighted by Gasteiger charge is -2.36. The van der Waals surface area contributed by atoms with Crippen molar-refractivity contribution in [1.29, 1.82) is 0 Å². The van der Waals surface area contributed by atoms with Crippen molar-refractivity contribution >= 4 is 0 Å². The van der Waals surface area contributed by atoms with Gasteiger partial charge in [0.05, 0.1) is 0 Å². The molecule has 0 amide bonds. The van der Waals surface area contributed by atoms with Crippen LogP contribution >= 0.6 is 0 Å². The van der Waals surface area contributed by atoms with Gasteiger partial charge in [-0.05, 0) is 38.9 Å². The van der Waals surface area contributed by atoms with Crippen molar-refractivity contribution in [2.45, 2.75) is 12.8 Å². The summed E-state index contributed by atoms with van der Waals surface area (Å²) >= 11 is 0. The van der Waals surface area contributed by atoms with Gasteiger partial charge in [0.1, 0.15) is 0 Å². The summed E-state index contributed by atoms with van der Waals surface area (Å²) in [4.78, 5) is 5.25. The van der Waals surface area contributed by atoms with E-state index in [1.165, 1.54) is 65.2 Å². The molecule has 0 aromatic carbocycles. The number of rotatable bonds is 5. The second-order valence-corrected chi connectivity index (χ2v) is 5.44. The first kappa shape index (κ1) is 13.3. The molecule has 0 radical (unpaired) electrons. The largest absolute Gasteiger partial charge is 0.318 e. The van der Waals surface area contributed by atoms with Crippen LogP contribution in [-0.2, 0) is 0 Å². The maximum absolute atomic E-state index is 3.43. The molecule has 0 bridgehead atoms. The lowest BCUT2D eigenvalue weighted by atomic mass is 9.96. The van der Waals surface area contributed by atoms with Gasteiger partial charge in [-0.2, -0.15) is 0 Å². The van der Waals surface area contributed by atoms with E-state index in [2.05, 4.69) is 20.4 Å². The molecule has 0 aliphatic carbocycles. The Bertz CT molecular complexity index is 196. The highest BCUT2D eigenvalue weighted by atomic mass is 15.2. The van der Waals surface area contributed by atoms with Gasteiger partial charge < -0.3 is 20.4 Å². The van der Waals surface area contributed by atoms with Crippen LogP contribution in [0.25, 0.3) is 0 Å². The molecule has 4 heteroatoms. The summed E-state index contributed by atoms with van der Waals surface area (Å²) in [7, 11) is 2.04. The smallest absolute Gasteiger partial charge is 0.0107 e. The van der Waals surface area contributed by atoms with E-state index in [-0.39, 0.29) is 0 Å². The zero-order chi connectivity index (χ0) is 11.9.